The zero-order valence-corrected chi connectivity index (χ0v) is 12.9. The Hall–Kier alpha value is -0.900. The van der Waals surface area contributed by atoms with E-state index in [-0.39, 0.29) is 0 Å². The highest BCUT2D eigenvalue weighted by atomic mass is 79.9. The van der Waals surface area contributed by atoms with Crippen molar-refractivity contribution in [2.45, 2.75) is 37.8 Å². The predicted molar refractivity (Wildman–Crippen MR) is 81.5 cm³/mol. The topological polar surface area (TPSA) is 28.0 Å². The smallest absolute Gasteiger partial charge is 0.0987 e. The third-order valence-electron chi connectivity index (χ3n) is 6.15. The van der Waals surface area contributed by atoms with E-state index in [2.05, 4.69) is 55.5 Å². The minimum absolute atomic E-state index is 0.475. The van der Waals surface area contributed by atoms with Crippen molar-refractivity contribution in [3.05, 3.63) is 28.7 Å². The van der Waals surface area contributed by atoms with Gasteiger partial charge in [0.05, 0.1) is 17.8 Å². The lowest BCUT2D eigenvalue weighted by molar-refractivity contribution is 0.217. The van der Waals surface area contributed by atoms with Crippen LogP contribution < -0.4 is 5.01 Å². The molecule has 1 aromatic rings. The van der Waals surface area contributed by atoms with Gasteiger partial charge in [0.2, 0.25) is 0 Å². The van der Waals surface area contributed by atoms with Crippen LogP contribution in [0.5, 0.6) is 0 Å². The van der Waals surface area contributed by atoms with E-state index in [1.807, 2.05) is 0 Å². The molecule has 3 fully saturated rings. The van der Waals surface area contributed by atoms with Gasteiger partial charge in [0.1, 0.15) is 0 Å². The van der Waals surface area contributed by atoms with Gasteiger partial charge in [-0.15, -0.1) is 0 Å². The molecule has 0 radical (unpaired) electrons. The first-order chi connectivity index (χ1) is 9.83. The summed E-state index contributed by atoms with van der Waals surface area (Å²) in [6.45, 7) is 0. The van der Waals surface area contributed by atoms with Gasteiger partial charge in [-0.1, -0.05) is 27.6 Å². The van der Waals surface area contributed by atoms with E-state index in [1.165, 1.54) is 31.4 Å². The lowest BCUT2D eigenvalue weighted by Crippen LogP contribution is -2.44. The van der Waals surface area contributed by atoms with E-state index < -0.39 is 0 Å². The Morgan fingerprint density at radius 3 is 2.55 bits per heavy atom. The summed E-state index contributed by atoms with van der Waals surface area (Å²) in [5.74, 6) is 3.57. The molecule has 0 spiro atoms. The molecule has 0 amide bonds. The maximum atomic E-state index is 4.66. The van der Waals surface area contributed by atoms with Crippen LogP contribution in [0.15, 0.2) is 39.1 Å². The summed E-state index contributed by atoms with van der Waals surface area (Å²) < 4.78 is 1.12. The lowest BCUT2D eigenvalue weighted by atomic mass is 9.76. The van der Waals surface area contributed by atoms with Crippen molar-refractivity contribution in [3.8, 4) is 0 Å². The Morgan fingerprint density at radius 1 is 1.00 bits per heavy atom. The molecule has 4 aliphatic rings. The molecule has 3 aliphatic carbocycles. The minimum Gasteiger partial charge on any atom is -0.242 e. The van der Waals surface area contributed by atoms with E-state index in [0.29, 0.717) is 12.1 Å². The van der Waals surface area contributed by atoms with Gasteiger partial charge in [-0.25, -0.2) is 5.01 Å². The van der Waals surface area contributed by atoms with Gasteiger partial charge in [0.15, 0.2) is 0 Å². The first kappa shape index (κ1) is 11.7. The van der Waals surface area contributed by atoms with Crippen LogP contribution >= 0.6 is 15.9 Å². The molecule has 5 rings (SSSR count). The quantitative estimate of drug-likeness (QED) is 0.747. The molecule has 6 atom stereocenters. The van der Waals surface area contributed by atoms with Crippen molar-refractivity contribution >= 4 is 21.6 Å². The molecule has 3 nitrogen and oxygen atoms in total. The molecule has 0 saturated heterocycles. The Kier molecular flexibility index (Phi) is 2.38. The summed E-state index contributed by atoms with van der Waals surface area (Å²) in [5.41, 5.74) is 1.20. The summed E-state index contributed by atoms with van der Waals surface area (Å²) in [5, 5.41) is 11.4. The summed E-state index contributed by atoms with van der Waals surface area (Å²) in [6.07, 6.45) is 5.74. The molecule has 2 bridgehead atoms. The van der Waals surface area contributed by atoms with Gasteiger partial charge in [-0.05, 0) is 67.2 Å². The van der Waals surface area contributed by atoms with Crippen LogP contribution in [-0.4, -0.2) is 12.1 Å². The molecule has 1 aromatic carbocycles. The van der Waals surface area contributed by atoms with Crippen molar-refractivity contribution in [1.29, 1.82) is 0 Å². The minimum atomic E-state index is 0.475. The standard InChI is InChI=1S/C16H18BrN3/c17-9-4-6-10(7-5-9)20-16-14-8-13(15(16)18-19-20)11-2-1-3-12(11)14/h4-7,11-16H,1-3,8H2/t11-,12-,13+,14-,15-,16+/m0/s1. The number of hydrogen-bond donors (Lipinski definition) is 0. The van der Waals surface area contributed by atoms with Gasteiger partial charge in [-0.2, -0.15) is 5.11 Å². The van der Waals surface area contributed by atoms with E-state index in [0.717, 1.165) is 28.1 Å². The zero-order chi connectivity index (χ0) is 13.3. The zero-order valence-electron chi connectivity index (χ0n) is 11.3. The summed E-state index contributed by atoms with van der Waals surface area (Å²) >= 11 is 3.51. The van der Waals surface area contributed by atoms with Crippen molar-refractivity contribution < 1.29 is 0 Å². The third kappa shape index (κ3) is 1.41. The van der Waals surface area contributed by atoms with Gasteiger partial charge < -0.3 is 0 Å². The molecule has 0 N–H and O–H groups in total. The molecular weight excluding hydrogens is 314 g/mol. The highest BCUT2D eigenvalue weighted by Crippen LogP contribution is 2.62. The number of halogens is 1. The second-order valence-corrected chi connectivity index (χ2v) is 7.74. The lowest BCUT2D eigenvalue weighted by Gasteiger charge is -2.35. The van der Waals surface area contributed by atoms with Crippen LogP contribution in [0.4, 0.5) is 5.69 Å². The Balaban J connectivity index is 1.50. The number of anilines is 1. The van der Waals surface area contributed by atoms with Gasteiger partial charge >= 0.3 is 0 Å². The monoisotopic (exact) mass is 331 g/mol. The van der Waals surface area contributed by atoms with Crippen LogP contribution in [0.3, 0.4) is 0 Å². The van der Waals surface area contributed by atoms with E-state index >= 15 is 0 Å². The number of fused-ring (bicyclic) bond motifs is 8. The summed E-state index contributed by atoms with van der Waals surface area (Å²) in [4.78, 5) is 0. The maximum Gasteiger partial charge on any atom is 0.0987 e. The largest absolute Gasteiger partial charge is 0.242 e. The molecular formula is C16H18BrN3. The highest BCUT2D eigenvalue weighted by molar-refractivity contribution is 9.10. The van der Waals surface area contributed by atoms with Crippen LogP contribution in [0.2, 0.25) is 0 Å². The fourth-order valence-corrected chi connectivity index (χ4v) is 5.77. The molecule has 20 heavy (non-hydrogen) atoms. The van der Waals surface area contributed by atoms with Crippen LogP contribution in [0, 0.1) is 23.7 Å². The number of benzene rings is 1. The Bertz CT molecular complexity index is 570. The third-order valence-corrected chi connectivity index (χ3v) is 6.68. The number of hydrogen-bond acceptors (Lipinski definition) is 3. The molecule has 1 heterocycles. The number of rotatable bonds is 1. The fraction of sp³-hybridized carbons (Fsp3) is 0.625. The van der Waals surface area contributed by atoms with Crippen LogP contribution in [-0.2, 0) is 0 Å². The second kappa shape index (κ2) is 4.06. The molecule has 0 aromatic heterocycles. The fourth-order valence-electron chi connectivity index (χ4n) is 5.51. The summed E-state index contributed by atoms with van der Waals surface area (Å²) in [7, 11) is 0. The van der Waals surface area contributed by atoms with E-state index in [4.69, 9.17) is 0 Å². The van der Waals surface area contributed by atoms with Gasteiger partial charge in [0, 0.05) is 4.47 Å². The van der Waals surface area contributed by atoms with E-state index in [1.54, 1.807) is 0 Å². The maximum absolute atomic E-state index is 4.66. The molecule has 104 valence electrons. The van der Waals surface area contributed by atoms with Crippen LogP contribution in [0.1, 0.15) is 25.7 Å². The average molecular weight is 332 g/mol. The number of nitrogens with zero attached hydrogens (tertiary/aromatic N) is 3. The SMILES string of the molecule is Brc1ccc(N2N=N[C@H]3[C@@H]4C[C@@H]([C@H]5CCC[C@@H]54)[C@H]32)cc1. The summed E-state index contributed by atoms with van der Waals surface area (Å²) in [6, 6.07) is 9.53. The Labute approximate surface area is 127 Å². The van der Waals surface area contributed by atoms with Crippen molar-refractivity contribution in [1.82, 2.24) is 0 Å². The first-order valence-corrected chi connectivity index (χ1v) is 8.58. The Morgan fingerprint density at radius 2 is 1.75 bits per heavy atom. The molecule has 0 unspecified atom stereocenters. The van der Waals surface area contributed by atoms with Gasteiger partial charge in [-0.3, -0.25) is 0 Å². The van der Waals surface area contributed by atoms with Crippen molar-refractivity contribution in [3.63, 3.8) is 0 Å². The molecule has 3 saturated carbocycles. The van der Waals surface area contributed by atoms with E-state index in [9.17, 15) is 0 Å². The average Bonchev–Trinajstić information content (AvgIpc) is 3.18. The second-order valence-electron chi connectivity index (χ2n) is 6.83. The van der Waals surface area contributed by atoms with Crippen molar-refractivity contribution in [2.75, 3.05) is 5.01 Å². The van der Waals surface area contributed by atoms with Crippen LogP contribution in [0.25, 0.3) is 0 Å². The molecule has 4 heteroatoms. The highest BCUT2D eigenvalue weighted by Gasteiger charge is 2.62. The normalized spacial score (nSPS) is 44.1. The predicted octanol–water partition coefficient (Wildman–Crippen LogP) is 4.44. The van der Waals surface area contributed by atoms with Gasteiger partial charge in [0.25, 0.3) is 0 Å². The first-order valence-electron chi connectivity index (χ1n) is 7.78. The molecule has 1 aliphatic heterocycles. The van der Waals surface area contributed by atoms with Crippen molar-refractivity contribution in [2.24, 2.45) is 34.0 Å².